The molecular formula is C16H11Cl2F2NO4. The summed E-state index contributed by atoms with van der Waals surface area (Å²) in [5.41, 5.74) is -0.213. The second-order valence-electron chi connectivity index (χ2n) is 4.72. The van der Waals surface area contributed by atoms with Crippen LogP contribution in [0.3, 0.4) is 0 Å². The first-order chi connectivity index (χ1) is 11.8. The van der Waals surface area contributed by atoms with E-state index < -0.39 is 23.7 Å². The van der Waals surface area contributed by atoms with Gasteiger partial charge in [0.15, 0.2) is 11.6 Å². The summed E-state index contributed by atoms with van der Waals surface area (Å²) < 4.78 is 36.1. The summed E-state index contributed by atoms with van der Waals surface area (Å²) in [7, 11) is 1.06. The van der Waals surface area contributed by atoms with Gasteiger partial charge in [-0.1, -0.05) is 35.3 Å². The highest BCUT2D eigenvalue weighted by Gasteiger charge is 2.19. The Morgan fingerprint density at radius 3 is 2.52 bits per heavy atom. The van der Waals surface area contributed by atoms with E-state index in [1.165, 1.54) is 0 Å². The second-order valence-corrected chi connectivity index (χ2v) is 5.50. The van der Waals surface area contributed by atoms with Gasteiger partial charge in [0.1, 0.15) is 6.61 Å². The first-order valence-electron chi connectivity index (χ1n) is 6.77. The number of halogens is 4. The molecule has 0 atom stereocenters. The van der Waals surface area contributed by atoms with Crippen molar-refractivity contribution in [1.29, 1.82) is 0 Å². The molecule has 0 aliphatic carbocycles. The SMILES string of the molecule is COC(=O)c1cc(F)c(F)cc1NC(=O)OCc1cccc(Cl)c1Cl. The topological polar surface area (TPSA) is 64.6 Å². The van der Waals surface area contributed by atoms with E-state index in [2.05, 4.69) is 10.1 Å². The summed E-state index contributed by atoms with van der Waals surface area (Å²) in [4.78, 5) is 23.5. The van der Waals surface area contributed by atoms with E-state index in [1.807, 2.05) is 0 Å². The highest BCUT2D eigenvalue weighted by molar-refractivity contribution is 6.42. The lowest BCUT2D eigenvalue weighted by Gasteiger charge is -2.12. The third-order valence-electron chi connectivity index (χ3n) is 3.09. The number of carbonyl (C=O) groups is 2. The lowest BCUT2D eigenvalue weighted by molar-refractivity contribution is 0.0601. The van der Waals surface area contributed by atoms with Gasteiger partial charge in [0.2, 0.25) is 0 Å². The maximum Gasteiger partial charge on any atom is 0.411 e. The lowest BCUT2D eigenvalue weighted by Crippen LogP contribution is -2.17. The molecule has 0 aliphatic heterocycles. The standard InChI is InChI=1S/C16H11Cl2F2NO4/c1-24-15(22)9-5-11(19)12(20)6-13(9)21-16(23)25-7-8-3-2-4-10(17)14(8)18/h2-6H,7H2,1H3,(H,21,23). The van der Waals surface area contributed by atoms with Crippen molar-refractivity contribution in [3.05, 3.63) is 63.1 Å². The van der Waals surface area contributed by atoms with Crippen LogP contribution in [0.5, 0.6) is 0 Å². The maximum absolute atomic E-state index is 13.4. The molecule has 1 amide bonds. The number of ether oxygens (including phenoxy) is 2. The van der Waals surface area contributed by atoms with Gasteiger partial charge in [0.05, 0.1) is 28.4 Å². The maximum atomic E-state index is 13.4. The molecule has 0 aliphatic rings. The zero-order valence-electron chi connectivity index (χ0n) is 12.7. The van der Waals surface area contributed by atoms with Crippen LogP contribution in [0.4, 0.5) is 19.3 Å². The minimum Gasteiger partial charge on any atom is -0.465 e. The lowest BCUT2D eigenvalue weighted by atomic mass is 10.1. The van der Waals surface area contributed by atoms with E-state index in [0.29, 0.717) is 17.7 Å². The van der Waals surface area contributed by atoms with Gasteiger partial charge in [-0.15, -0.1) is 0 Å². The van der Waals surface area contributed by atoms with Gasteiger partial charge in [-0.05, 0) is 12.1 Å². The van der Waals surface area contributed by atoms with Gasteiger partial charge in [0.25, 0.3) is 0 Å². The zero-order chi connectivity index (χ0) is 18.6. The van der Waals surface area contributed by atoms with E-state index in [-0.39, 0.29) is 27.9 Å². The highest BCUT2D eigenvalue weighted by Crippen LogP contribution is 2.26. The number of hydrogen-bond acceptors (Lipinski definition) is 4. The third-order valence-corrected chi connectivity index (χ3v) is 3.95. The van der Waals surface area contributed by atoms with Crippen molar-refractivity contribution in [1.82, 2.24) is 0 Å². The number of esters is 1. The third kappa shape index (κ3) is 4.58. The number of nitrogens with one attached hydrogen (secondary N) is 1. The Kier molecular flexibility index (Phi) is 6.17. The molecule has 5 nitrogen and oxygen atoms in total. The molecule has 0 spiro atoms. The van der Waals surface area contributed by atoms with Gasteiger partial charge < -0.3 is 9.47 Å². The second kappa shape index (κ2) is 8.13. The number of amides is 1. The monoisotopic (exact) mass is 389 g/mol. The summed E-state index contributed by atoms with van der Waals surface area (Å²) in [5.74, 6) is -3.46. The number of rotatable bonds is 4. The largest absolute Gasteiger partial charge is 0.465 e. The van der Waals surface area contributed by atoms with E-state index in [9.17, 15) is 18.4 Å². The normalized spacial score (nSPS) is 10.3. The molecule has 0 fully saturated rings. The number of benzene rings is 2. The van der Waals surface area contributed by atoms with Gasteiger partial charge in [-0.3, -0.25) is 5.32 Å². The van der Waals surface area contributed by atoms with Crippen molar-refractivity contribution in [2.45, 2.75) is 6.61 Å². The average molecular weight is 390 g/mol. The molecular weight excluding hydrogens is 379 g/mol. The number of carbonyl (C=O) groups excluding carboxylic acids is 2. The van der Waals surface area contributed by atoms with Crippen LogP contribution in [0, 0.1) is 11.6 Å². The minimum atomic E-state index is -1.26. The fraction of sp³-hybridized carbons (Fsp3) is 0.125. The van der Waals surface area contributed by atoms with Gasteiger partial charge >= 0.3 is 12.1 Å². The fourth-order valence-electron chi connectivity index (χ4n) is 1.88. The molecule has 2 aromatic rings. The van der Waals surface area contributed by atoms with Crippen LogP contribution in [0.2, 0.25) is 10.0 Å². The van der Waals surface area contributed by atoms with Crippen LogP contribution in [-0.4, -0.2) is 19.2 Å². The van der Waals surface area contributed by atoms with E-state index in [1.54, 1.807) is 18.2 Å². The van der Waals surface area contributed by atoms with Crippen molar-refractivity contribution in [3.63, 3.8) is 0 Å². The molecule has 0 aromatic heterocycles. The van der Waals surface area contributed by atoms with Gasteiger partial charge in [-0.25, -0.2) is 18.4 Å². The summed E-state index contributed by atoms with van der Waals surface area (Å²) in [6.07, 6.45) is -1.01. The fourth-order valence-corrected chi connectivity index (χ4v) is 2.25. The van der Waals surface area contributed by atoms with Crippen LogP contribution in [-0.2, 0) is 16.1 Å². The molecule has 2 rings (SSSR count). The number of hydrogen-bond donors (Lipinski definition) is 1. The molecule has 0 heterocycles. The predicted octanol–water partition coefficient (Wildman–Crippen LogP) is 4.81. The van der Waals surface area contributed by atoms with E-state index in [0.717, 1.165) is 7.11 Å². The predicted molar refractivity (Wildman–Crippen MR) is 88.0 cm³/mol. The summed E-state index contributed by atoms with van der Waals surface area (Å²) in [5, 5.41) is 2.66. The Labute approximate surface area is 151 Å². The quantitative estimate of drug-likeness (QED) is 0.762. The molecule has 2 aromatic carbocycles. The minimum absolute atomic E-state index is 0.220. The molecule has 0 saturated carbocycles. The smallest absolute Gasteiger partial charge is 0.411 e. The Morgan fingerprint density at radius 2 is 1.84 bits per heavy atom. The summed E-state index contributed by atoms with van der Waals surface area (Å²) in [6.45, 7) is -0.220. The Hall–Kier alpha value is -2.38. The van der Waals surface area contributed by atoms with Gasteiger partial charge in [-0.2, -0.15) is 0 Å². The highest BCUT2D eigenvalue weighted by atomic mass is 35.5. The molecule has 0 radical (unpaired) electrons. The molecule has 0 unspecified atom stereocenters. The Morgan fingerprint density at radius 1 is 1.16 bits per heavy atom. The van der Waals surface area contributed by atoms with Crippen molar-refractivity contribution >= 4 is 41.0 Å². The first-order valence-corrected chi connectivity index (χ1v) is 7.53. The van der Waals surface area contributed by atoms with Crippen molar-refractivity contribution in [3.8, 4) is 0 Å². The Bertz CT molecular complexity index is 830. The van der Waals surface area contributed by atoms with Crippen LogP contribution in [0.1, 0.15) is 15.9 Å². The van der Waals surface area contributed by atoms with E-state index in [4.69, 9.17) is 27.9 Å². The van der Waals surface area contributed by atoms with Crippen molar-refractivity contribution in [2.24, 2.45) is 0 Å². The van der Waals surface area contributed by atoms with Gasteiger partial charge in [0, 0.05) is 11.6 Å². The molecule has 9 heteroatoms. The molecule has 0 bridgehead atoms. The molecule has 132 valence electrons. The summed E-state index contributed by atoms with van der Waals surface area (Å²) >= 11 is 11.8. The van der Waals surface area contributed by atoms with Crippen LogP contribution < -0.4 is 5.32 Å². The summed E-state index contributed by atoms with van der Waals surface area (Å²) in [6, 6.07) is 6.05. The van der Waals surface area contributed by atoms with Crippen LogP contribution in [0.15, 0.2) is 30.3 Å². The first kappa shape index (κ1) is 19.0. The average Bonchev–Trinajstić information content (AvgIpc) is 2.58. The molecule has 1 N–H and O–H groups in total. The zero-order valence-corrected chi connectivity index (χ0v) is 14.3. The van der Waals surface area contributed by atoms with Crippen molar-refractivity contribution < 1.29 is 27.8 Å². The molecule has 0 saturated heterocycles. The molecule has 25 heavy (non-hydrogen) atoms. The van der Waals surface area contributed by atoms with Crippen LogP contribution in [0.25, 0.3) is 0 Å². The number of anilines is 1. The van der Waals surface area contributed by atoms with Crippen molar-refractivity contribution in [2.75, 3.05) is 12.4 Å². The van der Waals surface area contributed by atoms with E-state index >= 15 is 0 Å². The number of methoxy groups -OCH3 is 1. The Balaban J connectivity index is 2.13. The van der Waals surface area contributed by atoms with Crippen LogP contribution >= 0.6 is 23.2 Å².